The molecule has 2 heteroatoms. The van der Waals surface area contributed by atoms with Gasteiger partial charge in [-0.05, 0) is 24.5 Å². The minimum Gasteiger partial charge on any atom is -0.392 e. The van der Waals surface area contributed by atoms with Crippen molar-refractivity contribution in [3.8, 4) is 0 Å². The molecule has 1 fully saturated rings. The average molecular weight is 160 g/mol. The summed E-state index contributed by atoms with van der Waals surface area (Å²) in [7, 11) is 0. The van der Waals surface area contributed by atoms with Gasteiger partial charge in [0.05, 0.1) is 6.10 Å². The SMILES string of the molecule is CCSCC(O)C1CCC1. The van der Waals surface area contributed by atoms with E-state index in [9.17, 15) is 5.11 Å². The van der Waals surface area contributed by atoms with E-state index in [1.807, 2.05) is 11.8 Å². The van der Waals surface area contributed by atoms with E-state index in [2.05, 4.69) is 6.92 Å². The maximum atomic E-state index is 9.48. The number of aliphatic hydroxyl groups is 1. The van der Waals surface area contributed by atoms with Crippen LogP contribution in [-0.4, -0.2) is 22.7 Å². The molecule has 1 atom stereocenters. The molecule has 0 aliphatic heterocycles. The van der Waals surface area contributed by atoms with E-state index in [1.54, 1.807) is 0 Å². The summed E-state index contributed by atoms with van der Waals surface area (Å²) in [5.74, 6) is 2.71. The van der Waals surface area contributed by atoms with Gasteiger partial charge in [-0.25, -0.2) is 0 Å². The standard InChI is InChI=1S/C8H16OS/c1-2-10-6-8(9)7-4-3-5-7/h7-9H,2-6H2,1H3. The van der Waals surface area contributed by atoms with Crippen molar-refractivity contribution in [3.05, 3.63) is 0 Å². The number of hydrogen-bond acceptors (Lipinski definition) is 2. The lowest BCUT2D eigenvalue weighted by molar-refractivity contribution is 0.0817. The molecular weight excluding hydrogens is 144 g/mol. The first kappa shape index (κ1) is 8.41. The van der Waals surface area contributed by atoms with Gasteiger partial charge in [0, 0.05) is 5.75 Å². The van der Waals surface area contributed by atoms with E-state index in [0.29, 0.717) is 5.92 Å². The molecule has 1 N–H and O–H groups in total. The van der Waals surface area contributed by atoms with Gasteiger partial charge >= 0.3 is 0 Å². The van der Waals surface area contributed by atoms with E-state index in [-0.39, 0.29) is 6.10 Å². The first-order chi connectivity index (χ1) is 4.84. The van der Waals surface area contributed by atoms with Gasteiger partial charge in [0.15, 0.2) is 0 Å². The Kier molecular flexibility index (Phi) is 3.57. The number of hydrogen-bond donors (Lipinski definition) is 1. The molecule has 0 heterocycles. The summed E-state index contributed by atoms with van der Waals surface area (Å²) in [6.45, 7) is 2.14. The molecular formula is C8H16OS. The van der Waals surface area contributed by atoms with Crippen molar-refractivity contribution in [2.75, 3.05) is 11.5 Å². The van der Waals surface area contributed by atoms with Gasteiger partial charge in [-0.2, -0.15) is 11.8 Å². The summed E-state index contributed by atoms with van der Waals surface area (Å²) < 4.78 is 0. The van der Waals surface area contributed by atoms with Crippen LogP contribution in [0.1, 0.15) is 26.2 Å². The molecule has 0 aromatic heterocycles. The summed E-state index contributed by atoms with van der Waals surface area (Å²) in [6, 6.07) is 0. The van der Waals surface area contributed by atoms with Gasteiger partial charge in [0.25, 0.3) is 0 Å². The van der Waals surface area contributed by atoms with Crippen LogP contribution in [0.5, 0.6) is 0 Å². The van der Waals surface area contributed by atoms with Crippen molar-refractivity contribution >= 4 is 11.8 Å². The van der Waals surface area contributed by atoms with Crippen LogP contribution in [0.15, 0.2) is 0 Å². The molecule has 0 aromatic rings. The highest BCUT2D eigenvalue weighted by molar-refractivity contribution is 7.99. The van der Waals surface area contributed by atoms with Crippen LogP contribution in [-0.2, 0) is 0 Å². The van der Waals surface area contributed by atoms with Gasteiger partial charge in [0.2, 0.25) is 0 Å². The number of aliphatic hydroxyl groups excluding tert-OH is 1. The second-order valence-electron chi connectivity index (χ2n) is 2.92. The Morgan fingerprint density at radius 3 is 2.70 bits per heavy atom. The first-order valence-corrected chi connectivity index (χ1v) is 5.26. The summed E-state index contributed by atoms with van der Waals surface area (Å²) >= 11 is 1.84. The maximum absolute atomic E-state index is 9.48. The third kappa shape index (κ3) is 2.17. The van der Waals surface area contributed by atoms with E-state index >= 15 is 0 Å². The molecule has 0 aromatic carbocycles. The highest BCUT2D eigenvalue weighted by atomic mass is 32.2. The largest absolute Gasteiger partial charge is 0.392 e. The van der Waals surface area contributed by atoms with Crippen molar-refractivity contribution in [2.24, 2.45) is 5.92 Å². The predicted molar refractivity (Wildman–Crippen MR) is 46.3 cm³/mol. The second-order valence-corrected chi connectivity index (χ2v) is 4.24. The maximum Gasteiger partial charge on any atom is 0.0658 e. The van der Waals surface area contributed by atoms with Crippen LogP contribution < -0.4 is 0 Å². The van der Waals surface area contributed by atoms with E-state index in [1.165, 1.54) is 19.3 Å². The molecule has 10 heavy (non-hydrogen) atoms. The lowest BCUT2D eigenvalue weighted by Gasteiger charge is -2.29. The van der Waals surface area contributed by atoms with Crippen molar-refractivity contribution < 1.29 is 5.11 Å². The summed E-state index contributed by atoms with van der Waals surface area (Å²) in [5.41, 5.74) is 0. The fourth-order valence-electron chi connectivity index (χ4n) is 1.20. The molecule has 60 valence electrons. The lowest BCUT2D eigenvalue weighted by Crippen LogP contribution is -2.28. The first-order valence-electron chi connectivity index (χ1n) is 4.10. The van der Waals surface area contributed by atoms with Crippen molar-refractivity contribution in [2.45, 2.75) is 32.3 Å². The molecule has 0 radical (unpaired) electrons. The third-order valence-electron chi connectivity index (χ3n) is 2.19. The van der Waals surface area contributed by atoms with Crippen LogP contribution in [0, 0.1) is 5.92 Å². The Labute approximate surface area is 67.2 Å². The van der Waals surface area contributed by atoms with Gasteiger partial charge in [-0.15, -0.1) is 0 Å². The molecule has 1 rings (SSSR count). The highest BCUT2D eigenvalue weighted by Gasteiger charge is 2.24. The minimum atomic E-state index is -0.0151. The van der Waals surface area contributed by atoms with Crippen LogP contribution in [0.4, 0.5) is 0 Å². The number of rotatable bonds is 4. The third-order valence-corrected chi connectivity index (χ3v) is 3.17. The van der Waals surface area contributed by atoms with Crippen LogP contribution >= 0.6 is 11.8 Å². The Hall–Kier alpha value is 0.310. The predicted octanol–water partition coefficient (Wildman–Crippen LogP) is 1.90. The smallest absolute Gasteiger partial charge is 0.0658 e. The second kappa shape index (κ2) is 4.24. The lowest BCUT2D eigenvalue weighted by atomic mass is 9.82. The van der Waals surface area contributed by atoms with E-state index in [0.717, 1.165) is 11.5 Å². The van der Waals surface area contributed by atoms with Crippen LogP contribution in [0.3, 0.4) is 0 Å². The Balaban J connectivity index is 2.02. The number of thioether (sulfide) groups is 1. The monoisotopic (exact) mass is 160 g/mol. The summed E-state index contributed by atoms with van der Waals surface area (Å²) in [6.07, 6.45) is 3.83. The van der Waals surface area contributed by atoms with Crippen molar-refractivity contribution in [1.82, 2.24) is 0 Å². The minimum absolute atomic E-state index is 0.0151. The molecule has 0 amide bonds. The molecule has 0 bridgehead atoms. The molecule has 1 unspecified atom stereocenters. The molecule has 1 aliphatic rings. The summed E-state index contributed by atoms with van der Waals surface area (Å²) in [5, 5.41) is 9.48. The molecule has 0 spiro atoms. The fourth-order valence-corrected chi connectivity index (χ4v) is 1.95. The fraction of sp³-hybridized carbons (Fsp3) is 1.00. The van der Waals surface area contributed by atoms with Gasteiger partial charge < -0.3 is 5.11 Å². The van der Waals surface area contributed by atoms with Crippen molar-refractivity contribution in [1.29, 1.82) is 0 Å². The summed E-state index contributed by atoms with van der Waals surface area (Å²) in [4.78, 5) is 0. The molecule has 1 aliphatic carbocycles. The molecule has 0 saturated heterocycles. The quantitative estimate of drug-likeness (QED) is 0.678. The van der Waals surface area contributed by atoms with Gasteiger partial charge in [-0.1, -0.05) is 13.3 Å². The van der Waals surface area contributed by atoms with Gasteiger partial charge in [-0.3, -0.25) is 0 Å². The van der Waals surface area contributed by atoms with Crippen LogP contribution in [0.2, 0.25) is 0 Å². The topological polar surface area (TPSA) is 20.2 Å². The normalized spacial score (nSPS) is 22.2. The van der Waals surface area contributed by atoms with E-state index in [4.69, 9.17) is 0 Å². The Morgan fingerprint density at radius 2 is 2.30 bits per heavy atom. The Bertz CT molecular complexity index is 91.3. The molecule has 1 saturated carbocycles. The molecule has 1 nitrogen and oxygen atoms in total. The highest BCUT2D eigenvalue weighted by Crippen LogP contribution is 2.30. The van der Waals surface area contributed by atoms with Crippen molar-refractivity contribution in [3.63, 3.8) is 0 Å². The van der Waals surface area contributed by atoms with Gasteiger partial charge in [0.1, 0.15) is 0 Å². The zero-order chi connectivity index (χ0) is 7.40. The van der Waals surface area contributed by atoms with Crippen LogP contribution in [0.25, 0.3) is 0 Å². The zero-order valence-electron chi connectivity index (χ0n) is 6.55. The van der Waals surface area contributed by atoms with E-state index < -0.39 is 0 Å². The zero-order valence-corrected chi connectivity index (χ0v) is 7.36. The Morgan fingerprint density at radius 1 is 1.60 bits per heavy atom. The average Bonchev–Trinajstić information content (AvgIpc) is 1.79.